The van der Waals surface area contributed by atoms with Crippen LogP contribution in [0.1, 0.15) is 16.7 Å². The minimum absolute atomic E-state index is 0.0759. The number of hydrogen-bond donors (Lipinski definition) is 2. The number of fused-ring (bicyclic) bond motifs is 1. The van der Waals surface area contributed by atoms with E-state index in [-0.39, 0.29) is 11.5 Å². The molecule has 2 aromatic carbocycles. The molecule has 4 heteroatoms. The molecule has 1 aliphatic rings. The molecule has 0 radical (unpaired) electrons. The number of ether oxygens (including phenoxy) is 1. The van der Waals surface area contributed by atoms with Crippen molar-refractivity contribution in [2.45, 2.75) is 6.42 Å². The molecule has 122 valence electrons. The first-order chi connectivity index (χ1) is 11.7. The van der Waals surface area contributed by atoms with Crippen LogP contribution in [0.2, 0.25) is 0 Å². The number of phenolic OH excluding ortho intramolecular Hbond substituents is 1. The lowest BCUT2D eigenvalue weighted by Gasteiger charge is -2.03. The van der Waals surface area contributed by atoms with E-state index in [2.05, 4.69) is 11.4 Å². The van der Waals surface area contributed by atoms with Crippen LogP contribution >= 0.6 is 0 Å². The number of anilines is 1. The van der Waals surface area contributed by atoms with E-state index >= 15 is 0 Å². The van der Waals surface area contributed by atoms with Crippen molar-refractivity contribution in [1.82, 2.24) is 0 Å². The van der Waals surface area contributed by atoms with E-state index in [9.17, 15) is 9.90 Å². The molecular formula is C20H19NO3. The molecule has 0 saturated heterocycles. The third kappa shape index (κ3) is 3.66. The summed E-state index contributed by atoms with van der Waals surface area (Å²) in [5.41, 5.74) is 4.27. The standard InChI is InChI=1S/C20H19NO3/c1-24-20-13-15(5-9-19(20)23)3-7-17(22)6-2-14-4-8-18-16(12-14)10-11-21-18/h2-9,12-13,21,23H,10-11H2,1H3/b6-2+,7-3+. The number of aromatic hydroxyl groups is 1. The topological polar surface area (TPSA) is 58.6 Å². The maximum atomic E-state index is 12.0. The summed E-state index contributed by atoms with van der Waals surface area (Å²) in [7, 11) is 1.49. The summed E-state index contributed by atoms with van der Waals surface area (Å²) in [6.07, 6.45) is 7.59. The Bertz CT molecular complexity index is 799. The number of ketones is 1. The van der Waals surface area contributed by atoms with Crippen molar-refractivity contribution in [3.8, 4) is 11.5 Å². The Kier molecular flexibility index (Phi) is 4.66. The monoisotopic (exact) mass is 321 g/mol. The molecule has 0 amide bonds. The summed E-state index contributed by atoms with van der Waals surface area (Å²) < 4.78 is 5.05. The van der Waals surface area contributed by atoms with Crippen molar-refractivity contribution in [3.63, 3.8) is 0 Å². The Morgan fingerprint density at radius 1 is 1.12 bits per heavy atom. The Balaban J connectivity index is 1.66. The van der Waals surface area contributed by atoms with Crippen LogP contribution in [0.4, 0.5) is 5.69 Å². The zero-order chi connectivity index (χ0) is 16.9. The van der Waals surface area contributed by atoms with Gasteiger partial charge in [-0.2, -0.15) is 0 Å². The molecule has 1 aliphatic heterocycles. The quantitative estimate of drug-likeness (QED) is 0.825. The molecule has 2 N–H and O–H groups in total. The van der Waals surface area contributed by atoms with Gasteiger partial charge in [0.1, 0.15) is 0 Å². The third-order valence-corrected chi connectivity index (χ3v) is 3.92. The minimum atomic E-state index is -0.0966. The van der Waals surface area contributed by atoms with Crippen LogP contribution < -0.4 is 10.1 Å². The number of benzene rings is 2. The van der Waals surface area contributed by atoms with Crippen molar-refractivity contribution in [2.24, 2.45) is 0 Å². The lowest BCUT2D eigenvalue weighted by atomic mass is 10.1. The average Bonchev–Trinajstić information content (AvgIpc) is 3.07. The van der Waals surface area contributed by atoms with Crippen LogP contribution in [-0.4, -0.2) is 24.5 Å². The van der Waals surface area contributed by atoms with E-state index < -0.39 is 0 Å². The van der Waals surface area contributed by atoms with Crippen LogP contribution in [0, 0.1) is 0 Å². The van der Waals surface area contributed by atoms with E-state index in [0.29, 0.717) is 5.75 Å². The Labute approximate surface area is 141 Å². The number of hydrogen-bond acceptors (Lipinski definition) is 4. The fourth-order valence-electron chi connectivity index (χ4n) is 2.64. The summed E-state index contributed by atoms with van der Waals surface area (Å²) in [4.78, 5) is 12.0. The lowest BCUT2D eigenvalue weighted by molar-refractivity contribution is -0.110. The minimum Gasteiger partial charge on any atom is -0.504 e. The number of rotatable bonds is 5. The summed E-state index contributed by atoms with van der Waals surface area (Å²) in [5, 5.41) is 12.9. The molecular weight excluding hydrogens is 302 g/mol. The predicted octanol–water partition coefficient (Wildman–Crippen LogP) is 3.66. The second-order valence-electron chi connectivity index (χ2n) is 5.59. The number of carbonyl (C=O) groups excluding carboxylic acids is 1. The van der Waals surface area contributed by atoms with E-state index in [0.717, 1.165) is 24.1 Å². The van der Waals surface area contributed by atoms with E-state index in [4.69, 9.17) is 4.74 Å². The van der Waals surface area contributed by atoms with Gasteiger partial charge < -0.3 is 15.2 Å². The summed E-state index contributed by atoms with van der Waals surface area (Å²) in [5.74, 6) is 0.361. The van der Waals surface area contributed by atoms with Gasteiger partial charge >= 0.3 is 0 Å². The molecule has 2 aromatic rings. The average molecular weight is 321 g/mol. The molecule has 3 rings (SSSR count). The second-order valence-corrected chi connectivity index (χ2v) is 5.59. The van der Waals surface area contributed by atoms with Gasteiger partial charge in [0.15, 0.2) is 17.3 Å². The van der Waals surface area contributed by atoms with Gasteiger partial charge in [-0.25, -0.2) is 0 Å². The Morgan fingerprint density at radius 2 is 1.83 bits per heavy atom. The molecule has 0 spiro atoms. The van der Waals surface area contributed by atoms with Crippen LogP contribution in [-0.2, 0) is 11.2 Å². The van der Waals surface area contributed by atoms with Crippen LogP contribution in [0.5, 0.6) is 11.5 Å². The van der Waals surface area contributed by atoms with Crippen LogP contribution in [0.3, 0.4) is 0 Å². The molecule has 0 aliphatic carbocycles. The molecule has 0 fully saturated rings. The maximum Gasteiger partial charge on any atom is 0.178 e. The van der Waals surface area contributed by atoms with Crippen molar-refractivity contribution in [2.75, 3.05) is 19.0 Å². The molecule has 0 bridgehead atoms. The number of phenols is 1. The molecule has 4 nitrogen and oxygen atoms in total. The second kappa shape index (κ2) is 7.04. The van der Waals surface area contributed by atoms with Gasteiger partial charge in [-0.15, -0.1) is 0 Å². The number of allylic oxidation sites excluding steroid dienone is 2. The van der Waals surface area contributed by atoms with Gasteiger partial charge in [-0.3, -0.25) is 4.79 Å². The van der Waals surface area contributed by atoms with Gasteiger partial charge in [-0.05, 0) is 59.5 Å². The number of methoxy groups -OCH3 is 1. The first-order valence-electron chi connectivity index (χ1n) is 7.79. The SMILES string of the molecule is COc1cc(/C=C/C(=O)/C=C/c2ccc3c(c2)CCN3)ccc1O. The van der Waals surface area contributed by atoms with Crippen molar-refractivity contribution < 1.29 is 14.6 Å². The molecule has 0 unspecified atom stereocenters. The largest absolute Gasteiger partial charge is 0.504 e. The normalized spacial score (nSPS) is 13.2. The summed E-state index contributed by atoms with van der Waals surface area (Å²) in [6, 6.07) is 11.1. The van der Waals surface area contributed by atoms with Gasteiger partial charge in [-0.1, -0.05) is 24.3 Å². The van der Waals surface area contributed by atoms with Crippen LogP contribution in [0.25, 0.3) is 12.2 Å². The predicted molar refractivity (Wildman–Crippen MR) is 96.4 cm³/mol. The maximum absolute atomic E-state index is 12.0. The fraction of sp³-hybridized carbons (Fsp3) is 0.150. The fourth-order valence-corrected chi connectivity index (χ4v) is 2.64. The molecule has 1 heterocycles. The lowest BCUT2D eigenvalue weighted by Crippen LogP contribution is -1.90. The molecule has 0 aromatic heterocycles. The number of carbonyl (C=O) groups is 1. The van der Waals surface area contributed by atoms with E-state index in [1.807, 2.05) is 18.2 Å². The highest BCUT2D eigenvalue weighted by atomic mass is 16.5. The zero-order valence-electron chi connectivity index (χ0n) is 13.5. The zero-order valence-corrected chi connectivity index (χ0v) is 13.5. The van der Waals surface area contributed by atoms with Gasteiger partial charge in [0.25, 0.3) is 0 Å². The molecule has 24 heavy (non-hydrogen) atoms. The Morgan fingerprint density at radius 3 is 2.58 bits per heavy atom. The summed E-state index contributed by atoms with van der Waals surface area (Å²) >= 11 is 0. The summed E-state index contributed by atoms with van der Waals surface area (Å²) in [6.45, 7) is 0.972. The molecule has 0 atom stereocenters. The van der Waals surface area contributed by atoms with Crippen molar-refractivity contribution >= 4 is 23.6 Å². The van der Waals surface area contributed by atoms with Gasteiger partial charge in [0, 0.05) is 12.2 Å². The van der Waals surface area contributed by atoms with Crippen molar-refractivity contribution in [1.29, 1.82) is 0 Å². The van der Waals surface area contributed by atoms with Crippen LogP contribution in [0.15, 0.2) is 48.6 Å². The smallest absolute Gasteiger partial charge is 0.178 e. The first kappa shape index (κ1) is 15.9. The van der Waals surface area contributed by atoms with Crippen molar-refractivity contribution in [3.05, 3.63) is 65.2 Å². The third-order valence-electron chi connectivity index (χ3n) is 3.92. The van der Waals surface area contributed by atoms with E-state index in [1.54, 1.807) is 24.3 Å². The highest BCUT2D eigenvalue weighted by molar-refractivity contribution is 6.04. The van der Waals surface area contributed by atoms with Gasteiger partial charge in [0.2, 0.25) is 0 Å². The highest BCUT2D eigenvalue weighted by Gasteiger charge is 2.08. The first-order valence-corrected chi connectivity index (χ1v) is 7.79. The molecule has 0 saturated carbocycles. The number of nitrogens with one attached hydrogen (secondary N) is 1. The van der Waals surface area contributed by atoms with Gasteiger partial charge in [0.05, 0.1) is 7.11 Å². The Hall–Kier alpha value is -3.01. The highest BCUT2D eigenvalue weighted by Crippen LogP contribution is 2.27. The van der Waals surface area contributed by atoms with E-state index in [1.165, 1.54) is 30.5 Å².